The maximum Gasteiger partial charge on any atom is 0.123 e. The Morgan fingerprint density at radius 2 is 1.43 bits per heavy atom. The van der Waals surface area contributed by atoms with E-state index in [0.717, 1.165) is 22.3 Å². The zero-order valence-electron chi connectivity index (χ0n) is 12.4. The minimum Gasteiger partial charge on any atom is -0.388 e. The summed E-state index contributed by atoms with van der Waals surface area (Å²) in [5.41, 5.74) is 4.12. The van der Waals surface area contributed by atoms with E-state index >= 15 is 0 Å². The van der Waals surface area contributed by atoms with E-state index in [1.165, 1.54) is 12.1 Å². The van der Waals surface area contributed by atoms with Gasteiger partial charge in [0.25, 0.3) is 0 Å². The number of hydrogen-bond acceptors (Lipinski definition) is 2. The van der Waals surface area contributed by atoms with Crippen LogP contribution in [0.5, 0.6) is 0 Å². The molecule has 3 heteroatoms. The van der Waals surface area contributed by atoms with E-state index in [0.29, 0.717) is 0 Å². The first kappa shape index (κ1) is 14.1. The Morgan fingerprint density at radius 1 is 0.783 bits per heavy atom. The minimum atomic E-state index is -0.602. The van der Waals surface area contributed by atoms with Crippen molar-refractivity contribution in [1.82, 2.24) is 4.98 Å². The van der Waals surface area contributed by atoms with Crippen LogP contribution in [0.25, 0.3) is 0 Å². The van der Waals surface area contributed by atoms with Crippen LogP contribution in [0.15, 0.2) is 73.1 Å². The van der Waals surface area contributed by atoms with Crippen LogP contribution in [-0.4, -0.2) is 10.1 Å². The summed E-state index contributed by atoms with van der Waals surface area (Å²) in [7, 11) is 0. The second-order valence-electron chi connectivity index (χ2n) is 5.91. The molecule has 0 spiro atoms. The molecular formula is C20H16FNO. The molecule has 114 valence electrons. The van der Waals surface area contributed by atoms with Crippen LogP contribution in [0.1, 0.15) is 40.2 Å². The second-order valence-corrected chi connectivity index (χ2v) is 5.91. The van der Waals surface area contributed by atoms with Crippen molar-refractivity contribution >= 4 is 0 Å². The van der Waals surface area contributed by atoms with Gasteiger partial charge in [0, 0.05) is 24.2 Å². The predicted octanol–water partition coefficient (Wildman–Crippen LogP) is 4.18. The van der Waals surface area contributed by atoms with E-state index in [1.807, 2.05) is 30.3 Å². The molecule has 1 aliphatic rings. The molecule has 3 atom stereocenters. The fraction of sp³-hybridized carbons (Fsp3) is 0.150. The lowest BCUT2D eigenvalue weighted by Gasteiger charge is -2.23. The number of rotatable bonds is 2. The highest BCUT2D eigenvalue weighted by atomic mass is 19.1. The van der Waals surface area contributed by atoms with E-state index in [9.17, 15) is 9.50 Å². The number of pyridine rings is 1. The van der Waals surface area contributed by atoms with Crippen LogP contribution >= 0.6 is 0 Å². The molecule has 0 saturated carbocycles. The van der Waals surface area contributed by atoms with E-state index in [2.05, 4.69) is 11.1 Å². The highest BCUT2D eigenvalue weighted by molar-refractivity contribution is 5.49. The molecule has 4 rings (SSSR count). The van der Waals surface area contributed by atoms with Crippen LogP contribution in [0, 0.1) is 5.82 Å². The summed E-state index contributed by atoms with van der Waals surface area (Å²) in [6.45, 7) is 0. The monoisotopic (exact) mass is 305 g/mol. The van der Waals surface area contributed by atoms with Gasteiger partial charge in [-0.2, -0.15) is 0 Å². The summed E-state index contributed by atoms with van der Waals surface area (Å²) in [4.78, 5) is 4.09. The van der Waals surface area contributed by atoms with Crippen LogP contribution in [0.3, 0.4) is 0 Å². The van der Waals surface area contributed by atoms with Crippen LogP contribution in [0.2, 0.25) is 0 Å². The van der Waals surface area contributed by atoms with Gasteiger partial charge >= 0.3 is 0 Å². The normalized spacial score (nSPS) is 22.8. The van der Waals surface area contributed by atoms with Crippen molar-refractivity contribution in [3.05, 3.63) is 101 Å². The predicted molar refractivity (Wildman–Crippen MR) is 86.6 cm³/mol. The van der Waals surface area contributed by atoms with Crippen LogP contribution in [-0.2, 0) is 0 Å². The van der Waals surface area contributed by atoms with Gasteiger partial charge in [-0.3, -0.25) is 4.98 Å². The number of fused-ring (bicyclic) bond motifs is 1. The number of aromatic nitrogens is 1. The average Bonchev–Trinajstić information content (AvgIpc) is 2.90. The molecule has 2 nitrogen and oxygen atoms in total. The molecule has 1 aliphatic carbocycles. The Balaban J connectivity index is 1.88. The number of aliphatic hydroxyl groups excluding tert-OH is 1. The first-order valence-electron chi connectivity index (χ1n) is 7.68. The zero-order valence-corrected chi connectivity index (χ0v) is 12.4. The van der Waals surface area contributed by atoms with Gasteiger partial charge in [-0.15, -0.1) is 0 Å². The van der Waals surface area contributed by atoms with Crippen molar-refractivity contribution in [3.8, 4) is 0 Å². The third-order valence-electron chi connectivity index (χ3n) is 4.67. The van der Waals surface area contributed by atoms with Crippen LogP contribution in [0.4, 0.5) is 4.39 Å². The lowest BCUT2D eigenvalue weighted by atomic mass is 9.81. The molecule has 2 aromatic carbocycles. The van der Waals surface area contributed by atoms with Crippen molar-refractivity contribution in [2.45, 2.75) is 17.9 Å². The van der Waals surface area contributed by atoms with Gasteiger partial charge in [-0.25, -0.2) is 4.39 Å². The van der Waals surface area contributed by atoms with Gasteiger partial charge in [0.05, 0.1) is 6.10 Å². The number of halogens is 1. The molecule has 0 radical (unpaired) electrons. The summed E-state index contributed by atoms with van der Waals surface area (Å²) >= 11 is 0. The lowest BCUT2D eigenvalue weighted by molar-refractivity contribution is 0.152. The molecule has 0 aliphatic heterocycles. The van der Waals surface area contributed by atoms with Crippen molar-refractivity contribution in [1.29, 1.82) is 0 Å². The molecule has 1 aromatic heterocycles. The molecule has 3 unspecified atom stereocenters. The highest BCUT2D eigenvalue weighted by Crippen LogP contribution is 2.53. The summed E-state index contributed by atoms with van der Waals surface area (Å²) in [6.07, 6.45) is 2.93. The highest BCUT2D eigenvalue weighted by Gasteiger charge is 2.41. The number of nitrogens with zero attached hydrogens (tertiary/aromatic N) is 1. The largest absolute Gasteiger partial charge is 0.388 e. The van der Waals surface area contributed by atoms with Gasteiger partial charge in [-0.05, 0) is 46.5 Å². The zero-order chi connectivity index (χ0) is 15.8. The topological polar surface area (TPSA) is 33.1 Å². The van der Waals surface area contributed by atoms with Gasteiger partial charge in [-0.1, -0.05) is 36.4 Å². The fourth-order valence-corrected chi connectivity index (χ4v) is 3.65. The summed E-state index contributed by atoms with van der Waals surface area (Å²) in [5.74, 6) is -0.357. The SMILES string of the molecule is OC1c2ccccc2C(c2ccncc2)C1c1ccc(F)cc1. The third-order valence-corrected chi connectivity index (χ3v) is 4.67. The van der Waals surface area contributed by atoms with E-state index in [4.69, 9.17) is 0 Å². The molecular weight excluding hydrogens is 289 g/mol. The van der Waals surface area contributed by atoms with Crippen molar-refractivity contribution in [3.63, 3.8) is 0 Å². The Morgan fingerprint density at radius 3 is 2.13 bits per heavy atom. The average molecular weight is 305 g/mol. The maximum absolute atomic E-state index is 13.3. The number of benzene rings is 2. The molecule has 1 N–H and O–H groups in total. The first-order chi connectivity index (χ1) is 11.3. The van der Waals surface area contributed by atoms with Gasteiger partial charge < -0.3 is 5.11 Å². The van der Waals surface area contributed by atoms with E-state index in [-0.39, 0.29) is 17.7 Å². The second kappa shape index (κ2) is 5.60. The molecule has 1 heterocycles. The molecule has 0 bridgehead atoms. The quantitative estimate of drug-likeness (QED) is 0.770. The van der Waals surface area contributed by atoms with Gasteiger partial charge in [0.2, 0.25) is 0 Å². The van der Waals surface area contributed by atoms with Gasteiger partial charge in [0.15, 0.2) is 0 Å². The van der Waals surface area contributed by atoms with E-state index < -0.39 is 6.10 Å². The standard InChI is InChI=1S/C20H16FNO/c21-15-7-5-13(6-8-15)19-18(14-9-11-22-12-10-14)16-3-1-2-4-17(16)20(19)23/h1-12,18-20,23H. The fourth-order valence-electron chi connectivity index (χ4n) is 3.65. The summed E-state index contributed by atoms with van der Waals surface area (Å²) in [5, 5.41) is 10.9. The van der Waals surface area contributed by atoms with Crippen molar-refractivity contribution in [2.75, 3.05) is 0 Å². The molecule has 0 fully saturated rings. The smallest absolute Gasteiger partial charge is 0.123 e. The Bertz CT molecular complexity index is 817. The minimum absolute atomic E-state index is 0.0367. The molecule has 23 heavy (non-hydrogen) atoms. The summed E-state index contributed by atoms with van der Waals surface area (Å²) < 4.78 is 13.3. The third kappa shape index (κ3) is 2.34. The first-order valence-corrected chi connectivity index (χ1v) is 7.68. The number of aliphatic hydroxyl groups is 1. The van der Waals surface area contributed by atoms with Crippen molar-refractivity contribution in [2.24, 2.45) is 0 Å². The van der Waals surface area contributed by atoms with Crippen LogP contribution < -0.4 is 0 Å². The molecule has 0 amide bonds. The number of hydrogen-bond donors (Lipinski definition) is 1. The van der Waals surface area contributed by atoms with E-state index in [1.54, 1.807) is 24.5 Å². The Kier molecular flexibility index (Phi) is 3.43. The Hall–Kier alpha value is -2.52. The molecule has 0 saturated heterocycles. The van der Waals surface area contributed by atoms with Crippen molar-refractivity contribution < 1.29 is 9.50 Å². The van der Waals surface area contributed by atoms with Gasteiger partial charge in [0.1, 0.15) is 5.82 Å². The Labute approximate surface area is 134 Å². The lowest BCUT2D eigenvalue weighted by Crippen LogP contribution is -2.12. The maximum atomic E-state index is 13.3. The summed E-state index contributed by atoms with van der Waals surface area (Å²) in [6, 6.07) is 18.4. The molecule has 3 aromatic rings.